The van der Waals surface area contributed by atoms with E-state index in [1.165, 1.54) is 5.56 Å². The molecule has 0 N–H and O–H groups in total. The van der Waals surface area contributed by atoms with Gasteiger partial charge in [0.2, 0.25) is 0 Å². The quantitative estimate of drug-likeness (QED) is 0.682. The van der Waals surface area contributed by atoms with Gasteiger partial charge in [-0.3, -0.25) is 0 Å². The van der Waals surface area contributed by atoms with Crippen molar-refractivity contribution in [2.45, 2.75) is 12.4 Å². The third kappa shape index (κ3) is 2.25. The number of ether oxygens (including phenoxy) is 1. The molecular weight excluding hydrogens is 272 g/mol. The number of hydrogen-bond donors (Lipinski definition) is 0. The first-order valence-corrected chi connectivity index (χ1v) is 6.99. The Kier molecular flexibility index (Phi) is 3.61. The highest BCUT2D eigenvalue weighted by molar-refractivity contribution is 6.16. The van der Waals surface area contributed by atoms with Gasteiger partial charge in [0.25, 0.3) is 0 Å². The zero-order valence-corrected chi connectivity index (χ0v) is 12.0. The van der Waals surface area contributed by atoms with E-state index < -0.39 is 0 Å². The van der Waals surface area contributed by atoms with Crippen molar-refractivity contribution in [2.75, 3.05) is 7.11 Å². The first-order valence-electron chi connectivity index (χ1n) is 6.45. The summed E-state index contributed by atoms with van der Waals surface area (Å²) in [6.07, 6.45) is 0. The van der Waals surface area contributed by atoms with Gasteiger partial charge in [-0.25, -0.2) is 4.98 Å². The van der Waals surface area contributed by atoms with Crippen molar-refractivity contribution in [3.05, 3.63) is 59.9 Å². The second-order valence-electron chi connectivity index (χ2n) is 4.56. The normalized spacial score (nSPS) is 10.9. The van der Waals surface area contributed by atoms with E-state index in [0.717, 1.165) is 29.2 Å². The summed E-state index contributed by atoms with van der Waals surface area (Å²) in [5, 5.41) is 0. The fourth-order valence-corrected chi connectivity index (χ4v) is 2.58. The molecule has 102 valence electrons. The molecule has 0 saturated carbocycles. The second-order valence-corrected chi connectivity index (χ2v) is 4.83. The Morgan fingerprint density at radius 1 is 1.10 bits per heavy atom. The van der Waals surface area contributed by atoms with Crippen molar-refractivity contribution in [1.29, 1.82) is 0 Å². The molecule has 20 heavy (non-hydrogen) atoms. The number of fused-ring (bicyclic) bond motifs is 1. The minimum atomic E-state index is 0.380. The summed E-state index contributed by atoms with van der Waals surface area (Å²) in [6, 6.07) is 16.2. The van der Waals surface area contributed by atoms with Crippen LogP contribution in [0.3, 0.4) is 0 Å². The highest BCUT2D eigenvalue weighted by atomic mass is 35.5. The van der Waals surface area contributed by atoms with Crippen molar-refractivity contribution in [1.82, 2.24) is 9.55 Å². The summed E-state index contributed by atoms with van der Waals surface area (Å²) in [7, 11) is 1.66. The molecule has 1 aromatic heterocycles. The molecule has 0 amide bonds. The van der Waals surface area contributed by atoms with E-state index in [1.807, 2.05) is 36.4 Å². The van der Waals surface area contributed by atoms with Gasteiger partial charge in [0.15, 0.2) is 0 Å². The van der Waals surface area contributed by atoms with Gasteiger partial charge >= 0.3 is 0 Å². The smallest absolute Gasteiger partial charge is 0.146 e. The third-order valence-electron chi connectivity index (χ3n) is 3.34. The summed E-state index contributed by atoms with van der Waals surface area (Å²) in [5.41, 5.74) is 3.13. The highest BCUT2D eigenvalue weighted by Gasteiger charge is 2.13. The van der Waals surface area contributed by atoms with Crippen LogP contribution in [0.15, 0.2) is 48.5 Å². The number of alkyl halides is 1. The molecule has 0 radical (unpaired) electrons. The van der Waals surface area contributed by atoms with Crippen LogP contribution in [0.25, 0.3) is 11.0 Å². The molecule has 2 aromatic carbocycles. The van der Waals surface area contributed by atoms with Crippen LogP contribution in [-0.4, -0.2) is 16.7 Å². The van der Waals surface area contributed by atoms with Crippen molar-refractivity contribution in [2.24, 2.45) is 0 Å². The Morgan fingerprint density at radius 3 is 2.60 bits per heavy atom. The number of rotatable bonds is 4. The van der Waals surface area contributed by atoms with Crippen molar-refractivity contribution in [3.8, 4) is 5.75 Å². The lowest BCUT2D eigenvalue weighted by Crippen LogP contribution is -2.03. The number of para-hydroxylation sites is 1. The van der Waals surface area contributed by atoms with Gasteiger partial charge < -0.3 is 9.30 Å². The molecule has 0 spiro atoms. The number of nitrogens with zero attached hydrogens (tertiary/aromatic N) is 2. The average molecular weight is 287 g/mol. The Balaban J connectivity index is 2.13. The molecule has 1 heterocycles. The minimum absolute atomic E-state index is 0.380. The molecule has 0 aliphatic heterocycles. The van der Waals surface area contributed by atoms with Crippen LogP contribution >= 0.6 is 11.6 Å². The molecule has 0 aliphatic rings. The van der Waals surface area contributed by atoms with Crippen LogP contribution in [0.1, 0.15) is 11.4 Å². The van der Waals surface area contributed by atoms with Crippen LogP contribution in [0.5, 0.6) is 5.75 Å². The predicted octanol–water partition coefficient (Wildman–Crippen LogP) is 3.83. The van der Waals surface area contributed by atoms with Crippen molar-refractivity contribution in [3.63, 3.8) is 0 Å². The summed E-state index contributed by atoms with van der Waals surface area (Å²) in [5.74, 6) is 2.01. The number of halogens is 1. The molecular formula is C16H15ClN2O. The Labute approximate surface area is 122 Å². The van der Waals surface area contributed by atoms with E-state index in [0.29, 0.717) is 5.88 Å². The zero-order chi connectivity index (χ0) is 13.9. The average Bonchev–Trinajstić information content (AvgIpc) is 2.86. The fraction of sp³-hybridized carbons (Fsp3) is 0.188. The van der Waals surface area contributed by atoms with E-state index >= 15 is 0 Å². The lowest BCUT2D eigenvalue weighted by atomic mass is 10.2. The Bertz CT molecular complexity index is 722. The maximum absolute atomic E-state index is 6.04. The lowest BCUT2D eigenvalue weighted by Gasteiger charge is -2.08. The number of hydrogen-bond acceptors (Lipinski definition) is 2. The monoisotopic (exact) mass is 286 g/mol. The molecule has 3 aromatic rings. The van der Waals surface area contributed by atoms with Gasteiger partial charge in [0.05, 0.1) is 18.5 Å². The standard InChI is InChI=1S/C16H15ClN2O/c1-20-14-9-5-8-13-16(14)18-15(10-17)19(13)11-12-6-3-2-4-7-12/h2-9H,10-11H2,1H3. The molecule has 0 unspecified atom stereocenters. The molecule has 0 aliphatic carbocycles. The number of methoxy groups -OCH3 is 1. The van der Waals surface area contributed by atoms with Gasteiger partial charge in [-0.1, -0.05) is 36.4 Å². The van der Waals surface area contributed by atoms with Crippen molar-refractivity contribution >= 4 is 22.6 Å². The van der Waals surface area contributed by atoms with Crippen molar-refractivity contribution < 1.29 is 4.74 Å². The van der Waals surface area contributed by atoms with Gasteiger partial charge in [-0.05, 0) is 17.7 Å². The maximum atomic E-state index is 6.04. The third-order valence-corrected chi connectivity index (χ3v) is 3.58. The maximum Gasteiger partial charge on any atom is 0.146 e. The molecule has 4 heteroatoms. The predicted molar refractivity (Wildman–Crippen MR) is 81.4 cm³/mol. The van der Waals surface area contributed by atoms with Crippen LogP contribution in [0, 0.1) is 0 Å². The number of benzene rings is 2. The minimum Gasteiger partial charge on any atom is -0.494 e. The highest BCUT2D eigenvalue weighted by Crippen LogP contribution is 2.27. The van der Waals surface area contributed by atoms with Gasteiger partial charge in [-0.15, -0.1) is 11.6 Å². The topological polar surface area (TPSA) is 27.1 Å². The van der Waals surface area contributed by atoms with Gasteiger partial charge in [0, 0.05) is 6.54 Å². The Hall–Kier alpha value is -2.00. The summed E-state index contributed by atoms with van der Waals surface area (Å²) >= 11 is 6.04. The summed E-state index contributed by atoms with van der Waals surface area (Å²) in [6.45, 7) is 0.757. The van der Waals surface area contributed by atoms with E-state index in [4.69, 9.17) is 16.3 Å². The first-order chi connectivity index (χ1) is 9.83. The number of imidazole rings is 1. The Morgan fingerprint density at radius 2 is 1.90 bits per heavy atom. The zero-order valence-electron chi connectivity index (χ0n) is 11.2. The molecule has 0 saturated heterocycles. The molecule has 0 bridgehead atoms. The van der Waals surface area contributed by atoms with E-state index in [-0.39, 0.29) is 0 Å². The largest absolute Gasteiger partial charge is 0.494 e. The summed E-state index contributed by atoms with van der Waals surface area (Å²) < 4.78 is 7.51. The van der Waals surface area contributed by atoms with Gasteiger partial charge in [-0.2, -0.15) is 0 Å². The van der Waals surface area contributed by atoms with Crippen LogP contribution < -0.4 is 4.74 Å². The SMILES string of the molecule is COc1cccc2c1nc(CCl)n2Cc1ccccc1. The number of aromatic nitrogens is 2. The summed E-state index contributed by atoms with van der Waals surface area (Å²) in [4.78, 5) is 4.60. The van der Waals surface area contributed by atoms with E-state index in [2.05, 4.69) is 21.7 Å². The lowest BCUT2D eigenvalue weighted by molar-refractivity contribution is 0.419. The second kappa shape index (κ2) is 5.55. The van der Waals surface area contributed by atoms with Gasteiger partial charge in [0.1, 0.15) is 17.1 Å². The molecule has 3 nitrogen and oxygen atoms in total. The molecule has 3 rings (SSSR count). The van der Waals surface area contributed by atoms with Crippen LogP contribution in [0.4, 0.5) is 0 Å². The van der Waals surface area contributed by atoms with E-state index in [1.54, 1.807) is 7.11 Å². The first kappa shape index (κ1) is 13.0. The molecule has 0 fully saturated rings. The fourth-order valence-electron chi connectivity index (χ4n) is 2.38. The molecule has 0 atom stereocenters. The van der Waals surface area contributed by atoms with E-state index in [9.17, 15) is 0 Å². The van der Waals surface area contributed by atoms with Crippen LogP contribution in [-0.2, 0) is 12.4 Å². The van der Waals surface area contributed by atoms with Crippen LogP contribution in [0.2, 0.25) is 0 Å².